The third-order valence-corrected chi connectivity index (χ3v) is 5.94. The molecule has 0 saturated heterocycles. The lowest BCUT2D eigenvalue weighted by Crippen LogP contribution is -2.29. The van der Waals surface area contributed by atoms with Crippen LogP contribution in [0.15, 0.2) is 42.5 Å². The Labute approximate surface area is 163 Å². The largest absolute Gasteiger partial charge is 0.462 e. The van der Waals surface area contributed by atoms with Crippen molar-refractivity contribution in [2.75, 3.05) is 18.5 Å². The molecule has 0 fully saturated rings. The topological polar surface area (TPSA) is 38.3 Å². The van der Waals surface area contributed by atoms with Gasteiger partial charge in [0.25, 0.3) is 0 Å². The first kappa shape index (κ1) is 19.5. The highest BCUT2D eigenvalue weighted by atomic mass is 16.5. The van der Waals surface area contributed by atoms with Crippen LogP contribution in [0.3, 0.4) is 0 Å². The smallest absolute Gasteiger partial charge is 0.340 e. The molecule has 3 heteroatoms. The van der Waals surface area contributed by atoms with Crippen molar-refractivity contribution >= 4 is 11.7 Å². The maximum Gasteiger partial charge on any atom is 0.340 e. The van der Waals surface area contributed by atoms with Crippen molar-refractivity contribution in [3.05, 3.63) is 64.7 Å². The van der Waals surface area contributed by atoms with Crippen LogP contribution in [0.4, 0.5) is 5.69 Å². The van der Waals surface area contributed by atoms with Crippen LogP contribution in [0.2, 0.25) is 0 Å². The molecule has 1 N–H and O–H groups in total. The number of ether oxygens (including phenoxy) is 1. The third kappa shape index (κ3) is 4.18. The summed E-state index contributed by atoms with van der Waals surface area (Å²) in [6.45, 7) is 10.1. The second-order valence-electron chi connectivity index (χ2n) is 8.10. The van der Waals surface area contributed by atoms with Crippen LogP contribution in [-0.4, -0.2) is 19.1 Å². The molecule has 2 aromatic rings. The fourth-order valence-corrected chi connectivity index (χ4v) is 4.06. The van der Waals surface area contributed by atoms with Crippen molar-refractivity contribution in [3.63, 3.8) is 0 Å². The van der Waals surface area contributed by atoms with Crippen molar-refractivity contribution in [2.24, 2.45) is 5.41 Å². The zero-order valence-corrected chi connectivity index (χ0v) is 17.0. The van der Waals surface area contributed by atoms with Gasteiger partial charge in [-0.15, -0.1) is 0 Å². The minimum absolute atomic E-state index is 0.189. The van der Waals surface area contributed by atoms with Crippen LogP contribution >= 0.6 is 0 Å². The lowest BCUT2D eigenvalue weighted by molar-refractivity contribution is 0.0527. The molecule has 1 unspecified atom stereocenters. The second kappa shape index (κ2) is 8.16. The van der Waals surface area contributed by atoms with E-state index < -0.39 is 0 Å². The first-order valence-electron chi connectivity index (χ1n) is 10.1. The van der Waals surface area contributed by atoms with Gasteiger partial charge in [-0.05, 0) is 53.9 Å². The van der Waals surface area contributed by atoms with Gasteiger partial charge in [0, 0.05) is 6.54 Å². The standard InChI is InChI=1S/C24H31NO2/c1-5-24(3,4)21-12-13-25-22-19(21)15-18(14-17-10-8-7-9-11-17)16-20(22)23(26)27-6-2/h7-11,15-16,21,25H,5-6,12-14H2,1-4H3. The zero-order valence-electron chi connectivity index (χ0n) is 17.0. The van der Waals surface area contributed by atoms with Gasteiger partial charge in [0.1, 0.15) is 0 Å². The molecular formula is C24H31NO2. The first-order chi connectivity index (χ1) is 13.0. The van der Waals surface area contributed by atoms with Gasteiger partial charge in [0.2, 0.25) is 0 Å². The lowest BCUT2D eigenvalue weighted by atomic mass is 9.69. The molecule has 0 spiro atoms. The van der Waals surface area contributed by atoms with Gasteiger partial charge in [-0.25, -0.2) is 4.79 Å². The molecule has 1 aliphatic rings. The van der Waals surface area contributed by atoms with Crippen LogP contribution < -0.4 is 5.32 Å². The van der Waals surface area contributed by atoms with Gasteiger partial charge < -0.3 is 10.1 Å². The quantitative estimate of drug-likeness (QED) is 0.659. The lowest BCUT2D eigenvalue weighted by Gasteiger charge is -2.39. The highest BCUT2D eigenvalue weighted by molar-refractivity contribution is 5.97. The van der Waals surface area contributed by atoms with E-state index in [4.69, 9.17) is 4.74 Å². The molecule has 3 nitrogen and oxygen atoms in total. The normalized spacial score (nSPS) is 16.4. The predicted molar refractivity (Wildman–Crippen MR) is 112 cm³/mol. The van der Waals surface area contributed by atoms with E-state index in [1.807, 2.05) is 19.1 Å². The van der Waals surface area contributed by atoms with Gasteiger partial charge in [0.15, 0.2) is 0 Å². The number of fused-ring (bicyclic) bond motifs is 1. The number of rotatable bonds is 6. The minimum atomic E-state index is -0.230. The maximum atomic E-state index is 12.7. The van der Waals surface area contributed by atoms with E-state index in [2.05, 4.69) is 56.4 Å². The van der Waals surface area contributed by atoms with E-state index in [1.54, 1.807) is 0 Å². The fourth-order valence-electron chi connectivity index (χ4n) is 4.06. The molecule has 27 heavy (non-hydrogen) atoms. The summed E-state index contributed by atoms with van der Waals surface area (Å²) in [5.41, 5.74) is 5.53. The van der Waals surface area contributed by atoms with Gasteiger partial charge in [0.05, 0.1) is 17.9 Å². The molecule has 144 valence electrons. The van der Waals surface area contributed by atoms with Crippen molar-refractivity contribution in [3.8, 4) is 0 Å². The summed E-state index contributed by atoms with van der Waals surface area (Å²) < 4.78 is 5.37. The van der Waals surface area contributed by atoms with E-state index in [-0.39, 0.29) is 11.4 Å². The molecule has 0 aromatic heterocycles. The highest BCUT2D eigenvalue weighted by Gasteiger charge is 2.35. The number of esters is 1. The average Bonchev–Trinajstić information content (AvgIpc) is 2.68. The molecule has 1 aliphatic heterocycles. The highest BCUT2D eigenvalue weighted by Crippen LogP contribution is 2.47. The second-order valence-corrected chi connectivity index (χ2v) is 8.10. The number of anilines is 1. The van der Waals surface area contributed by atoms with E-state index >= 15 is 0 Å². The van der Waals surface area contributed by atoms with Gasteiger partial charge in [-0.1, -0.05) is 63.6 Å². The summed E-state index contributed by atoms with van der Waals surface area (Å²) in [5, 5.41) is 3.49. The van der Waals surface area contributed by atoms with Crippen molar-refractivity contribution in [1.82, 2.24) is 0 Å². The number of nitrogens with one attached hydrogen (secondary N) is 1. The molecule has 1 atom stereocenters. The fraction of sp³-hybridized carbons (Fsp3) is 0.458. The van der Waals surface area contributed by atoms with Crippen LogP contribution in [0.5, 0.6) is 0 Å². The molecule has 0 bridgehead atoms. The molecule has 0 aliphatic carbocycles. The summed E-state index contributed by atoms with van der Waals surface area (Å²) in [7, 11) is 0. The van der Waals surface area contributed by atoms with Crippen LogP contribution in [0.25, 0.3) is 0 Å². The van der Waals surface area contributed by atoms with Crippen molar-refractivity contribution < 1.29 is 9.53 Å². The molecule has 0 radical (unpaired) electrons. The summed E-state index contributed by atoms with van der Waals surface area (Å²) >= 11 is 0. The molecule has 0 amide bonds. The number of hydrogen-bond donors (Lipinski definition) is 1. The summed E-state index contributed by atoms with van der Waals surface area (Å²) in [6, 6.07) is 14.7. The number of carbonyl (C=O) groups excluding carboxylic acids is 1. The van der Waals surface area contributed by atoms with E-state index in [0.717, 1.165) is 31.5 Å². The molecule has 3 rings (SSSR count). The zero-order chi connectivity index (χ0) is 19.4. The first-order valence-corrected chi connectivity index (χ1v) is 10.1. The Kier molecular flexibility index (Phi) is 5.88. The Morgan fingerprint density at radius 3 is 2.56 bits per heavy atom. The summed E-state index contributed by atoms with van der Waals surface area (Å²) in [4.78, 5) is 12.7. The monoisotopic (exact) mass is 365 g/mol. The number of hydrogen-bond acceptors (Lipinski definition) is 3. The van der Waals surface area contributed by atoms with E-state index in [1.165, 1.54) is 16.7 Å². The number of benzene rings is 2. The van der Waals surface area contributed by atoms with Gasteiger partial charge in [-0.2, -0.15) is 0 Å². The molecule has 1 heterocycles. The summed E-state index contributed by atoms with van der Waals surface area (Å²) in [5.74, 6) is 0.203. The minimum Gasteiger partial charge on any atom is -0.462 e. The Morgan fingerprint density at radius 2 is 1.89 bits per heavy atom. The van der Waals surface area contributed by atoms with Crippen LogP contribution in [0.1, 0.15) is 73.5 Å². The molecule has 2 aromatic carbocycles. The van der Waals surface area contributed by atoms with E-state index in [9.17, 15) is 4.79 Å². The summed E-state index contributed by atoms with van der Waals surface area (Å²) in [6.07, 6.45) is 3.01. The van der Waals surface area contributed by atoms with Gasteiger partial charge in [-0.3, -0.25) is 0 Å². The van der Waals surface area contributed by atoms with Crippen molar-refractivity contribution in [2.45, 2.75) is 52.9 Å². The SMILES string of the molecule is CCOC(=O)c1cc(Cc2ccccc2)cc2c1NCCC2C(C)(C)CC. The molecule has 0 saturated carbocycles. The van der Waals surface area contributed by atoms with Gasteiger partial charge >= 0.3 is 5.97 Å². The third-order valence-electron chi connectivity index (χ3n) is 5.94. The van der Waals surface area contributed by atoms with E-state index in [0.29, 0.717) is 18.1 Å². The Morgan fingerprint density at radius 1 is 1.15 bits per heavy atom. The van der Waals surface area contributed by atoms with Crippen molar-refractivity contribution in [1.29, 1.82) is 0 Å². The van der Waals surface area contributed by atoms with Crippen LogP contribution in [0, 0.1) is 5.41 Å². The Balaban J connectivity index is 2.09. The predicted octanol–water partition coefficient (Wildman–Crippen LogP) is 5.79. The maximum absolute atomic E-state index is 12.7. The van der Waals surface area contributed by atoms with Crippen LogP contribution in [-0.2, 0) is 11.2 Å². The molecular weight excluding hydrogens is 334 g/mol. The average molecular weight is 366 g/mol. The number of carbonyl (C=O) groups is 1. The Bertz CT molecular complexity index is 796. The Hall–Kier alpha value is -2.29.